The van der Waals surface area contributed by atoms with E-state index >= 15 is 0 Å². The minimum atomic E-state index is 0.585. The van der Waals surface area contributed by atoms with Crippen LogP contribution in [0.2, 0.25) is 0 Å². The van der Waals surface area contributed by atoms with Crippen LogP contribution in [0, 0.1) is 18.8 Å². The summed E-state index contributed by atoms with van der Waals surface area (Å²) in [5.74, 6) is 1.17. The molecule has 2 heteroatoms. The SMILES string of the molecule is C/C=C(/c1c(CC(C)C)cccc1CC(C)C)n1/c(=N/C)c2c(C)cccc2c2ccccc21. The van der Waals surface area contributed by atoms with Gasteiger partial charge in [0.15, 0.2) is 0 Å². The van der Waals surface area contributed by atoms with Crippen LogP contribution in [-0.2, 0) is 12.8 Å². The van der Waals surface area contributed by atoms with Gasteiger partial charge < -0.3 is 0 Å². The number of nitrogens with zero attached hydrogens (tertiary/aromatic N) is 2. The van der Waals surface area contributed by atoms with Gasteiger partial charge in [-0.15, -0.1) is 0 Å². The Balaban J connectivity index is 2.18. The van der Waals surface area contributed by atoms with Crippen molar-refractivity contribution in [3.63, 3.8) is 0 Å². The molecule has 1 heterocycles. The van der Waals surface area contributed by atoms with E-state index in [2.05, 4.69) is 113 Å². The number of aryl methyl sites for hydroxylation is 1. The van der Waals surface area contributed by atoms with Crippen molar-refractivity contribution >= 4 is 27.4 Å². The molecule has 176 valence electrons. The first-order chi connectivity index (χ1) is 16.4. The van der Waals surface area contributed by atoms with Crippen LogP contribution in [0.1, 0.15) is 56.9 Å². The number of aromatic nitrogens is 1. The normalized spacial score (nSPS) is 13.1. The van der Waals surface area contributed by atoms with Gasteiger partial charge in [-0.05, 0) is 66.7 Å². The Kier molecular flexibility index (Phi) is 7.07. The van der Waals surface area contributed by atoms with Crippen LogP contribution in [0.5, 0.6) is 0 Å². The Bertz CT molecular complexity index is 1400. The number of pyridine rings is 1. The van der Waals surface area contributed by atoms with Gasteiger partial charge in [0.1, 0.15) is 5.49 Å². The number of fused-ring (bicyclic) bond motifs is 3. The standard InChI is InChI=1S/C32H38N2/c1-8-28(31-24(19-21(2)3)14-12-15-25(31)20-22(4)5)34-29-18-10-9-16-26(29)27-17-11-13-23(6)30(27)32(34)33-7/h8-18,21-22H,19-20H2,1-7H3/b28-8-,33-32+. The molecule has 4 aromatic rings. The van der Waals surface area contributed by atoms with Crippen molar-refractivity contribution in [1.29, 1.82) is 0 Å². The van der Waals surface area contributed by atoms with Crippen molar-refractivity contribution in [1.82, 2.24) is 4.57 Å². The summed E-state index contributed by atoms with van der Waals surface area (Å²) >= 11 is 0. The molecule has 4 rings (SSSR count). The minimum absolute atomic E-state index is 0.585. The molecule has 2 nitrogen and oxygen atoms in total. The van der Waals surface area contributed by atoms with Crippen molar-refractivity contribution in [3.05, 3.63) is 94.5 Å². The van der Waals surface area contributed by atoms with Crippen LogP contribution in [-0.4, -0.2) is 11.6 Å². The van der Waals surface area contributed by atoms with Gasteiger partial charge in [0.2, 0.25) is 0 Å². The number of para-hydroxylation sites is 1. The number of hydrogen-bond acceptors (Lipinski definition) is 1. The monoisotopic (exact) mass is 450 g/mol. The number of allylic oxidation sites excluding steroid dienone is 1. The van der Waals surface area contributed by atoms with Crippen LogP contribution in [0.3, 0.4) is 0 Å². The van der Waals surface area contributed by atoms with Crippen LogP contribution >= 0.6 is 0 Å². The summed E-state index contributed by atoms with van der Waals surface area (Å²) in [5, 5.41) is 3.76. The molecule has 0 aliphatic rings. The molecule has 0 saturated carbocycles. The van der Waals surface area contributed by atoms with Crippen LogP contribution in [0.15, 0.2) is 71.7 Å². The number of benzene rings is 3. The average Bonchev–Trinajstić information content (AvgIpc) is 2.80. The summed E-state index contributed by atoms with van der Waals surface area (Å²) in [6.45, 7) is 13.6. The molecule has 0 unspecified atom stereocenters. The molecule has 0 bridgehead atoms. The Labute approximate surface area is 204 Å². The third kappa shape index (κ3) is 4.34. The highest BCUT2D eigenvalue weighted by Crippen LogP contribution is 2.33. The maximum atomic E-state index is 4.91. The molecule has 1 aromatic heterocycles. The number of hydrogen-bond donors (Lipinski definition) is 0. The summed E-state index contributed by atoms with van der Waals surface area (Å²) in [6.07, 6.45) is 4.40. The fourth-order valence-corrected chi connectivity index (χ4v) is 5.35. The van der Waals surface area contributed by atoms with Gasteiger partial charge in [-0.3, -0.25) is 9.56 Å². The zero-order valence-corrected chi connectivity index (χ0v) is 21.8. The molecule has 0 N–H and O–H groups in total. The second-order valence-electron chi connectivity index (χ2n) is 10.2. The molecular weight excluding hydrogens is 412 g/mol. The van der Waals surface area contributed by atoms with Gasteiger partial charge in [-0.2, -0.15) is 0 Å². The highest BCUT2D eigenvalue weighted by atomic mass is 15.0. The first-order valence-electron chi connectivity index (χ1n) is 12.6. The molecule has 0 fully saturated rings. The highest BCUT2D eigenvalue weighted by molar-refractivity contribution is 6.07. The topological polar surface area (TPSA) is 17.3 Å². The quantitative estimate of drug-likeness (QED) is 0.265. The first-order valence-corrected chi connectivity index (χ1v) is 12.6. The zero-order chi connectivity index (χ0) is 24.4. The molecule has 34 heavy (non-hydrogen) atoms. The van der Waals surface area contributed by atoms with Gasteiger partial charge in [0.25, 0.3) is 0 Å². The van der Waals surface area contributed by atoms with E-state index in [4.69, 9.17) is 4.99 Å². The summed E-state index contributed by atoms with van der Waals surface area (Å²) in [7, 11) is 1.93. The van der Waals surface area contributed by atoms with E-state index < -0.39 is 0 Å². The minimum Gasteiger partial charge on any atom is -0.294 e. The lowest BCUT2D eigenvalue weighted by molar-refractivity contribution is 0.633. The maximum absolute atomic E-state index is 4.91. The van der Waals surface area contributed by atoms with Gasteiger partial charge in [0, 0.05) is 23.4 Å². The van der Waals surface area contributed by atoms with E-state index in [9.17, 15) is 0 Å². The molecule has 0 aliphatic heterocycles. The second-order valence-corrected chi connectivity index (χ2v) is 10.2. The molecular formula is C32H38N2. The summed E-state index contributed by atoms with van der Waals surface area (Å²) in [6, 6.07) is 22.2. The third-order valence-electron chi connectivity index (χ3n) is 6.62. The second kappa shape index (κ2) is 10.0. The van der Waals surface area contributed by atoms with Crippen molar-refractivity contribution in [2.24, 2.45) is 16.8 Å². The zero-order valence-electron chi connectivity index (χ0n) is 21.8. The predicted octanol–water partition coefficient (Wildman–Crippen LogP) is 7.94. The summed E-state index contributed by atoms with van der Waals surface area (Å²) in [5.41, 5.74) is 8.92. The molecule has 0 aliphatic carbocycles. The first kappa shape index (κ1) is 24.0. The van der Waals surface area contributed by atoms with E-state index in [1.165, 1.54) is 49.6 Å². The summed E-state index contributed by atoms with van der Waals surface area (Å²) in [4.78, 5) is 4.91. The largest absolute Gasteiger partial charge is 0.294 e. The van der Waals surface area contributed by atoms with Crippen LogP contribution in [0.4, 0.5) is 0 Å². The van der Waals surface area contributed by atoms with Crippen LogP contribution < -0.4 is 5.49 Å². The van der Waals surface area contributed by atoms with Crippen molar-refractivity contribution in [3.8, 4) is 0 Å². The van der Waals surface area contributed by atoms with Crippen molar-refractivity contribution < 1.29 is 0 Å². The molecule has 0 saturated heterocycles. The third-order valence-corrected chi connectivity index (χ3v) is 6.62. The predicted molar refractivity (Wildman–Crippen MR) is 148 cm³/mol. The van der Waals surface area contributed by atoms with E-state index in [0.29, 0.717) is 11.8 Å². The average molecular weight is 451 g/mol. The van der Waals surface area contributed by atoms with Crippen molar-refractivity contribution in [2.45, 2.75) is 54.4 Å². The Morgan fingerprint density at radius 2 is 1.41 bits per heavy atom. The molecule has 3 aromatic carbocycles. The lowest BCUT2D eigenvalue weighted by Gasteiger charge is -2.24. The van der Waals surface area contributed by atoms with Gasteiger partial charge in [-0.25, -0.2) is 0 Å². The van der Waals surface area contributed by atoms with E-state index in [0.717, 1.165) is 18.3 Å². The van der Waals surface area contributed by atoms with Gasteiger partial charge in [0.05, 0.1) is 11.2 Å². The number of rotatable bonds is 6. The van der Waals surface area contributed by atoms with Gasteiger partial charge >= 0.3 is 0 Å². The Hall–Kier alpha value is -3.13. The maximum Gasteiger partial charge on any atom is 0.140 e. The van der Waals surface area contributed by atoms with Crippen molar-refractivity contribution in [2.75, 3.05) is 7.05 Å². The summed E-state index contributed by atoms with van der Waals surface area (Å²) < 4.78 is 2.41. The van der Waals surface area contributed by atoms with Gasteiger partial charge in [-0.1, -0.05) is 88.4 Å². The molecule has 0 radical (unpaired) electrons. The fraction of sp³-hybridized carbons (Fsp3) is 0.344. The Morgan fingerprint density at radius 1 is 0.824 bits per heavy atom. The molecule has 0 spiro atoms. The molecule has 0 amide bonds. The van der Waals surface area contributed by atoms with E-state index in [-0.39, 0.29) is 0 Å². The fourth-order valence-electron chi connectivity index (χ4n) is 5.35. The van der Waals surface area contributed by atoms with Crippen LogP contribution in [0.25, 0.3) is 27.4 Å². The Morgan fingerprint density at radius 3 is 2.00 bits per heavy atom. The molecule has 0 atom stereocenters. The smallest absolute Gasteiger partial charge is 0.140 e. The van der Waals surface area contributed by atoms with E-state index in [1.54, 1.807) is 0 Å². The lowest BCUT2D eigenvalue weighted by atomic mass is 9.88. The van der Waals surface area contributed by atoms with E-state index in [1.807, 2.05) is 7.05 Å². The lowest BCUT2D eigenvalue weighted by Crippen LogP contribution is -2.24. The highest BCUT2D eigenvalue weighted by Gasteiger charge is 2.20.